The Labute approximate surface area is 179 Å². The van der Waals surface area contributed by atoms with Gasteiger partial charge in [0.05, 0.1) is 11.9 Å². The normalized spacial score (nSPS) is 40.6. The highest BCUT2D eigenvalue weighted by molar-refractivity contribution is 5.89. The fourth-order valence-corrected chi connectivity index (χ4v) is 6.48. The highest BCUT2D eigenvalue weighted by Gasteiger charge is 2.58. The molecule has 0 spiro atoms. The Morgan fingerprint density at radius 3 is 2.50 bits per heavy atom. The molecule has 0 aromatic heterocycles. The van der Waals surface area contributed by atoms with Crippen molar-refractivity contribution in [3.63, 3.8) is 0 Å². The third kappa shape index (κ3) is 4.46. The molecule has 3 saturated carbocycles. The van der Waals surface area contributed by atoms with Crippen molar-refractivity contribution in [3.8, 4) is 0 Å². The summed E-state index contributed by atoms with van der Waals surface area (Å²) in [5.74, 6) is -0.642. The van der Waals surface area contributed by atoms with Gasteiger partial charge in [-0.25, -0.2) is 4.79 Å². The van der Waals surface area contributed by atoms with Crippen LogP contribution in [0.4, 0.5) is 0 Å². The summed E-state index contributed by atoms with van der Waals surface area (Å²) in [7, 11) is 0. The second-order valence-electron chi connectivity index (χ2n) is 10.6. The summed E-state index contributed by atoms with van der Waals surface area (Å²) in [6.45, 7) is 9.31. The molecule has 0 radical (unpaired) electrons. The molecule has 0 unspecified atom stereocenters. The number of esters is 1. The molecule has 7 atom stereocenters. The molecule has 0 aromatic rings. The van der Waals surface area contributed by atoms with Crippen LogP contribution < -0.4 is 0 Å². The Morgan fingerprint density at radius 1 is 1.17 bits per heavy atom. The molecule has 1 N–H and O–H groups in total. The molecule has 166 valence electrons. The van der Waals surface area contributed by atoms with Crippen molar-refractivity contribution in [2.45, 2.75) is 78.7 Å². The molecule has 3 fully saturated rings. The molecule has 3 aliphatic rings. The number of carbonyl (C=O) groups is 3. The molecule has 2 bridgehead atoms. The number of allylic oxidation sites excluding steroid dienone is 2. The van der Waals surface area contributed by atoms with Crippen molar-refractivity contribution < 1.29 is 24.2 Å². The third-order valence-corrected chi connectivity index (χ3v) is 7.88. The predicted molar refractivity (Wildman–Crippen MR) is 114 cm³/mol. The van der Waals surface area contributed by atoms with E-state index in [1.54, 1.807) is 0 Å². The van der Waals surface area contributed by atoms with E-state index in [0.29, 0.717) is 12.8 Å². The van der Waals surface area contributed by atoms with E-state index in [9.17, 15) is 19.5 Å². The van der Waals surface area contributed by atoms with Crippen LogP contribution in [0, 0.1) is 35.0 Å². The van der Waals surface area contributed by atoms with Crippen LogP contribution >= 0.6 is 0 Å². The Kier molecular flexibility index (Phi) is 6.43. The molecule has 0 saturated heterocycles. The molecular weight excluding hydrogens is 380 g/mol. The van der Waals surface area contributed by atoms with E-state index in [2.05, 4.69) is 6.92 Å². The first-order chi connectivity index (χ1) is 13.9. The standard InChI is InChI=1S/C25H36O5/c1-15(2)12-22(27)30-11-8-20-18(13-16(3)26)23(28)17-6-10-25(5,29)21-7-9-24(20,4)14-19(17)21/h8,11-12,17-21,29H,6-7,9-10,13-14H2,1-5H3/b11-8+/t17-,18+,19-,20+,21-,24+,25+/m0/s1. The highest BCUT2D eigenvalue weighted by Crippen LogP contribution is 2.60. The van der Waals surface area contributed by atoms with Crippen molar-refractivity contribution in [1.82, 2.24) is 0 Å². The van der Waals surface area contributed by atoms with Crippen LogP contribution in [0.5, 0.6) is 0 Å². The maximum atomic E-state index is 13.7. The van der Waals surface area contributed by atoms with Gasteiger partial charge in [0.2, 0.25) is 0 Å². The molecule has 0 amide bonds. The van der Waals surface area contributed by atoms with Crippen molar-refractivity contribution >= 4 is 17.5 Å². The second-order valence-corrected chi connectivity index (χ2v) is 10.6. The predicted octanol–water partition coefficient (Wildman–Crippen LogP) is 4.39. The maximum absolute atomic E-state index is 13.7. The van der Waals surface area contributed by atoms with Gasteiger partial charge in [-0.15, -0.1) is 0 Å². The number of rotatable bonds is 5. The van der Waals surface area contributed by atoms with E-state index in [-0.39, 0.29) is 47.1 Å². The van der Waals surface area contributed by atoms with Crippen LogP contribution in [0.15, 0.2) is 24.0 Å². The molecule has 0 aliphatic heterocycles. The number of ketones is 2. The van der Waals surface area contributed by atoms with Crippen molar-refractivity contribution in [2.24, 2.45) is 35.0 Å². The minimum absolute atomic E-state index is 0.00712. The van der Waals surface area contributed by atoms with Gasteiger partial charge in [-0.05, 0) is 89.0 Å². The minimum atomic E-state index is -0.728. The first-order valence-electron chi connectivity index (χ1n) is 11.2. The first-order valence-corrected chi connectivity index (χ1v) is 11.2. The van der Waals surface area contributed by atoms with E-state index in [4.69, 9.17) is 4.74 Å². The van der Waals surface area contributed by atoms with Gasteiger partial charge in [0.1, 0.15) is 11.6 Å². The van der Waals surface area contributed by atoms with Gasteiger partial charge < -0.3 is 14.6 Å². The van der Waals surface area contributed by atoms with Gasteiger partial charge in [0.15, 0.2) is 0 Å². The number of hydrogen-bond donors (Lipinski definition) is 1. The molecule has 3 rings (SSSR count). The van der Waals surface area contributed by atoms with Crippen molar-refractivity contribution in [1.29, 1.82) is 0 Å². The van der Waals surface area contributed by atoms with Gasteiger partial charge >= 0.3 is 5.97 Å². The Hall–Kier alpha value is -1.75. The molecule has 30 heavy (non-hydrogen) atoms. The van der Waals surface area contributed by atoms with Crippen molar-refractivity contribution in [3.05, 3.63) is 24.0 Å². The van der Waals surface area contributed by atoms with Gasteiger partial charge in [-0.3, -0.25) is 4.79 Å². The number of hydrogen-bond acceptors (Lipinski definition) is 5. The maximum Gasteiger partial charge on any atom is 0.335 e. The Morgan fingerprint density at radius 2 is 1.87 bits per heavy atom. The summed E-state index contributed by atoms with van der Waals surface area (Å²) in [4.78, 5) is 37.6. The minimum Gasteiger partial charge on any atom is -0.432 e. The SMILES string of the molecule is CC(=O)C[C@H]1C(=O)[C@H]2CC[C@@](C)(O)[C@H]3CC[C@](C)(C[C@@H]23)[C@@H]1/C=C/OC(=O)C=C(C)C. The zero-order valence-corrected chi connectivity index (χ0v) is 18.9. The van der Waals surface area contributed by atoms with Crippen LogP contribution in [0.3, 0.4) is 0 Å². The largest absolute Gasteiger partial charge is 0.432 e. The number of carbonyl (C=O) groups excluding carboxylic acids is 3. The van der Waals surface area contributed by atoms with E-state index in [1.165, 1.54) is 19.3 Å². The van der Waals surface area contributed by atoms with Crippen LogP contribution in [0.2, 0.25) is 0 Å². The Bertz CT molecular complexity index is 772. The fourth-order valence-electron chi connectivity index (χ4n) is 6.48. The summed E-state index contributed by atoms with van der Waals surface area (Å²) in [6.07, 6.45) is 8.85. The summed E-state index contributed by atoms with van der Waals surface area (Å²) in [5, 5.41) is 11.0. The number of Topliss-reactive ketones (excluding diaryl/α,β-unsaturated/α-hetero) is 2. The summed E-state index contributed by atoms with van der Waals surface area (Å²) >= 11 is 0. The zero-order valence-electron chi connectivity index (χ0n) is 18.9. The lowest BCUT2D eigenvalue weighted by Crippen LogP contribution is -2.51. The molecule has 0 aromatic carbocycles. The molecular formula is C25H36O5. The van der Waals surface area contributed by atoms with E-state index in [0.717, 1.165) is 24.8 Å². The lowest BCUT2D eigenvalue weighted by molar-refractivity contribution is -0.141. The topological polar surface area (TPSA) is 80.7 Å². The van der Waals surface area contributed by atoms with Gasteiger partial charge in [0.25, 0.3) is 0 Å². The van der Waals surface area contributed by atoms with Crippen molar-refractivity contribution in [2.75, 3.05) is 0 Å². The smallest absolute Gasteiger partial charge is 0.335 e. The average Bonchev–Trinajstić information content (AvgIpc) is 2.67. The second kappa shape index (κ2) is 8.41. The van der Waals surface area contributed by atoms with Crippen LogP contribution in [-0.2, 0) is 19.1 Å². The van der Waals surface area contributed by atoms with Crippen LogP contribution in [0.25, 0.3) is 0 Å². The molecule has 5 heteroatoms. The summed E-state index contributed by atoms with van der Waals surface area (Å²) in [6, 6.07) is 0. The summed E-state index contributed by atoms with van der Waals surface area (Å²) < 4.78 is 5.26. The van der Waals surface area contributed by atoms with E-state index >= 15 is 0 Å². The van der Waals surface area contributed by atoms with E-state index in [1.807, 2.05) is 26.8 Å². The monoisotopic (exact) mass is 416 g/mol. The van der Waals surface area contributed by atoms with Gasteiger partial charge in [-0.2, -0.15) is 0 Å². The lowest BCUT2D eigenvalue weighted by atomic mass is 9.54. The third-order valence-electron chi connectivity index (χ3n) is 7.88. The lowest BCUT2D eigenvalue weighted by Gasteiger charge is -2.52. The average molecular weight is 417 g/mol. The molecule has 3 aliphatic carbocycles. The Balaban J connectivity index is 1.95. The quantitative estimate of drug-likeness (QED) is 0.408. The van der Waals surface area contributed by atoms with E-state index < -0.39 is 17.5 Å². The number of fused-ring (bicyclic) bond motifs is 1. The molecule has 5 nitrogen and oxygen atoms in total. The first kappa shape index (κ1) is 22.9. The number of aliphatic hydroxyl groups is 1. The zero-order chi connectivity index (χ0) is 22.3. The summed E-state index contributed by atoms with van der Waals surface area (Å²) in [5.41, 5.74) is -0.0404. The van der Waals surface area contributed by atoms with Crippen LogP contribution in [-0.4, -0.2) is 28.2 Å². The molecule has 0 heterocycles. The number of ether oxygens (including phenoxy) is 1. The van der Waals surface area contributed by atoms with Crippen LogP contribution in [0.1, 0.15) is 73.1 Å². The highest BCUT2D eigenvalue weighted by atomic mass is 16.5. The fraction of sp³-hybridized carbons (Fsp3) is 0.720. The van der Waals surface area contributed by atoms with Gasteiger partial charge in [-0.1, -0.05) is 12.5 Å². The van der Waals surface area contributed by atoms with Gasteiger partial charge in [0, 0.05) is 24.3 Å².